The van der Waals surface area contributed by atoms with Crippen LogP contribution in [0.1, 0.15) is 25.7 Å². The van der Waals surface area contributed by atoms with Crippen LogP contribution < -0.4 is 33.7 Å². The molecule has 0 fully saturated rings. The third-order valence-electron chi connectivity index (χ3n) is 6.73. The number of hydrogen-bond donors (Lipinski definition) is 5. The first-order valence-electron chi connectivity index (χ1n) is 14.2. The van der Waals surface area contributed by atoms with Crippen LogP contribution >= 0.6 is 0 Å². The molecule has 47 heavy (non-hydrogen) atoms. The van der Waals surface area contributed by atoms with E-state index in [1.165, 1.54) is 7.05 Å². The Bertz CT molecular complexity index is 1340. The lowest BCUT2D eigenvalue weighted by Crippen LogP contribution is -2.48. The van der Waals surface area contributed by atoms with E-state index in [0.717, 1.165) is 13.0 Å². The van der Waals surface area contributed by atoms with Crippen LogP contribution in [0.5, 0.6) is 34.5 Å². The number of amides is 1. The van der Waals surface area contributed by atoms with Crippen molar-refractivity contribution in [3.63, 3.8) is 0 Å². The monoisotopic (exact) mass is 666 g/mol. The van der Waals surface area contributed by atoms with Crippen LogP contribution in [-0.2, 0) is 19.1 Å². The molecule has 258 valence electrons. The number of carboxylic acid groups (broad SMARTS) is 3. The zero-order valence-corrected chi connectivity index (χ0v) is 26.1. The summed E-state index contributed by atoms with van der Waals surface area (Å²) in [6.07, 6.45) is -1.57. The predicted octanol–water partition coefficient (Wildman–Crippen LogP) is 1.79. The summed E-state index contributed by atoms with van der Waals surface area (Å²) in [4.78, 5) is 44.9. The maximum atomic E-state index is 12.3. The number of nitrogens with zero attached hydrogens (tertiary/aromatic N) is 1. The Kier molecular flexibility index (Phi) is 12.7. The van der Waals surface area contributed by atoms with Crippen LogP contribution in [0.2, 0.25) is 0 Å². The van der Waals surface area contributed by atoms with Crippen LogP contribution in [0.25, 0.3) is 0 Å². The minimum atomic E-state index is -2.74. The number of aliphatic carboxylic acids is 3. The molecule has 0 bridgehead atoms. The summed E-state index contributed by atoms with van der Waals surface area (Å²) in [6.45, 7) is 1.33. The lowest BCUT2D eigenvalue weighted by molar-refractivity contribution is -0.170. The molecule has 2 aromatic carbocycles. The second kappa shape index (κ2) is 16.4. The van der Waals surface area contributed by atoms with Crippen molar-refractivity contribution in [2.75, 3.05) is 54.5 Å². The summed E-state index contributed by atoms with van der Waals surface area (Å²) in [7, 11) is 5.51. The van der Waals surface area contributed by atoms with Gasteiger partial charge in [-0.1, -0.05) is 0 Å². The first kappa shape index (κ1) is 36.3. The van der Waals surface area contributed by atoms with Crippen molar-refractivity contribution in [2.45, 2.75) is 36.9 Å². The molecule has 17 nitrogen and oxygen atoms in total. The molecule has 0 atom stereocenters. The van der Waals surface area contributed by atoms with Gasteiger partial charge in [-0.3, -0.25) is 9.59 Å². The Labute approximate surface area is 269 Å². The van der Waals surface area contributed by atoms with Crippen molar-refractivity contribution in [1.29, 1.82) is 0 Å². The van der Waals surface area contributed by atoms with E-state index in [0.29, 0.717) is 40.9 Å². The van der Waals surface area contributed by atoms with Crippen LogP contribution in [-0.4, -0.2) is 115 Å². The Morgan fingerprint density at radius 3 is 1.68 bits per heavy atom. The van der Waals surface area contributed by atoms with Gasteiger partial charge in [0.1, 0.15) is 24.7 Å². The van der Waals surface area contributed by atoms with Gasteiger partial charge in [0.05, 0.1) is 12.8 Å². The van der Waals surface area contributed by atoms with E-state index in [2.05, 4.69) is 10.2 Å². The van der Waals surface area contributed by atoms with Gasteiger partial charge in [-0.15, -0.1) is 0 Å². The molecule has 2 heterocycles. The second-order valence-electron chi connectivity index (χ2n) is 10.8. The molecule has 0 aliphatic carbocycles. The molecule has 0 saturated carbocycles. The molecule has 0 aromatic heterocycles. The normalized spacial score (nSPS) is 12.9. The van der Waals surface area contributed by atoms with Crippen molar-refractivity contribution in [3.05, 3.63) is 36.4 Å². The van der Waals surface area contributed by atoms with Gasteiger partial charge in [0.15, 0.2) is 34.2 Å². The highest BCUT2D eigenvalue weighted by atomic mass is 16.7. The predicted molar refractivity (Wildman–Crippen MR) is 159 cm³/mol. The Balaban J connectivity index is 0.000000392. The summed E-state index contributed by atoms with van der Waals surface area (Å²) < 4.78 is 39.6. The van der Waals surface area contributed by atoms with Gasteiger partial charge >= 0.3 is 24.0 Å². The van der Waals surface area contributed by atoms with E-state index in [1.807, 2.05) is 14.1 Å². The number of carbonyl (C=O) groups excluding carboxylic acids is 1. The number of carboxylic acids is 3. The summed E-state index contributed by atoms with van der Waals surface area (Å²) in [5.41, 5.74) is -3.79. The lowest BCUT2D eigenvalue weighted by atomic mass is 9.96. The molecule has 0 radical (unpaired) electrons. The van der Waals surface area contributed by atoms with E-state index < -0.39 is 48.0 Å². The van der Waals surface area contributed by atoms with E-state index in [9.17, 15) is 19.2 Å². The maximum Gasteiger partial charge on any atom is 0.407 e. The highest BCUT2D eigenvalue weighted by molar-refractivity contribution is 5.88. The molecule has 2 aliphatic rings. The van der Waals surface area contributed by atoms with Crippen molar-refractivity contribution in [2.24, 2.45) is 0 Å². The van der Waals surface area contributed by atoms with Gasteiger partial charge in [0, 0.05) is 19.2 Å². The van der Waals surface area contributed by atoms with Crippen molar-refractivity contribution >= 4 is 24.0 Å². The Morgan fingerprint density at radius 1 is 0.809 bits per heavy atom. The Morgan fingerprint density at radius 2 is 1.28 bits per heavy atom. The second-order valence-corrected chi connectivity index (χ2v) is 10.8. The summed E-state index contributed by atoms with van der Waals surface area (Å²) in [5, 5.41) is 36.3. The third kappa shape index (κ3) is 11.0. The topological polar surface area (TPSA) is 229 Å². The number of hydrogen-bond acceptors (Lipinski definition) is 13. The molecule has 0 spiro atoms. The maximum absolute atomic E-state index is 12.3. The fourth-order valence-corrected chi connectivity index (χ4v) is 4.34. The molecule has 2 aliphatic heterocycles. The van der Waals surface area contributed by atoms with E-state index >= 15 is 0 Å². The zero-order chi connectivity index (χ0) is 34.6. The smallest absolute Gasteiger partial charge is 0.407 e. The quantitative estimate of drug-likeness (QED) is 0.172. The summed E-state index contributed by atoms with van der Waals surface area (Å²) in [6, 6.07) is 10.7. The highest BCUT2D eigenvalue weighted by Gasteiger charge is 2.41. The number of alkyl carbamates (subject to hydrolysis) is 1. The number of rotatable bonds is 16. The molecule has 2 aromatic rings. The fraction of sp³-hybridized carbons (Fsp3) is 0.467. The largest absolute Gasteiger partial charge is 0.489 e. The van der Waals surface area contributed by atoms with Gasteiger partial charge in [0.25, 0.3) is 0 Å². The molecule has 1 amide bonds. The number of fused-ring (bicyclic) bond motifs is 2. The third-order valence-corrected chi connectivity index (χ3v) is 6.73. The van der Waals surface area contributed by atoms with Crippen molar-refractivity contribution in [1.82, 2.24) is 10.2 Å². The van der Waals surface area contributed by atoms with Crippen LogP contribution in [0.3, 0.4) is 0 Å². The minimum absolute atomic E-state index is 0.0814. The van der Waals surface area contributed by atoms with Crippen LogP contribution in [0.15, 0.2) is 36.4 Å². The number of ether oxygens (including phenoxy) is 7. The van der Waals surface area contributed by atoms with E-state index in [-0.39, 0.29) is 26.8 Å². The first-order valence-corrected chi connectivity index (χ1v) is 14.2. The molecule has 0 unspecified atom stereocenters. The lowest BCUT2D eigenvalue weighted by Gasteiger charge is -2.33. The van der Waals surface area contributed by atoms with Crippen LogP contribution in [0.4, 0.5) is 4.79 Å². The molecular formula is C30H38N2O15. The number of aliphatic hydroxyl groups is 1. The number of carbonyl (C=O) groups is 4. The van der Waals surface area contributed by atoms with Crippen molar-refractivity contribution < 1.29 is 72.8 Å². The van der Waals surface area contributed by atoms with Gasteiger partial charge in [-0.25, -0.2) is 9.59 Å². The van der Waals surface area contributed by atoms with Crippen molar-refractivity contribution in [3.8, 4) is 34.5 Å². The van der Waals surface area contributed by atoms with Gasteiger partial charge in [-0.2, -0.15) is 0 Å². The molecular weight excluding hydrogens is 628 g/mol. The van der Waals surface area contributed by atoms with Gasteiger partial charge in [-0.05, 0) is 57.7 Å². The first-order chi connectivity index (χ1) is 22.2. The summed E-state index contributed by atoms with van der Waals surface area (Å²) >= 11 is 0. The van der Waals surface area contributed by atoms with E-state index in [4.69, 9.17) is 53.6 Å². The van der Waals surface area contributed by atoms with E-state index in [1.54, 1.807) is 36.4 Å². The zero-order valence-electron chi connectivity index (χ0n) is 26.1. The number of nitrogens with one attached hydrogen (secondary N) is 1. The minimum Gasteiger partial charge on any atom is -0.489 e. The standard InChI is InChI=1S/C24H30N2O8.C6H8O7/c1-25-23(27)34-24(9-4-10-26(2)3,13-28-17-5-7-19-21(11-17)32-15-30-19)14-29-18-6-8-20-22(12-18)33-16-31-20;7-3(8)1-6(13,5(11)12)2-4(9)10/h5-8,11-12H,4,9-10,13-16H2,1-3H3,(H,25,27);13H,1-2H2,(H,7,8)(H,9,10)(H,11,12). The average molecular weight is 667 g/mol. The van der Waals surface area contributed by atoms with Gasteiger partial charge in [0.2, 0.25) is 13.6 Å². The molecule has 17 heteroatoms. The molecule has 0 saturated heterocycles. The number of benzene rings is 2. The molecule has 5 N–H and O–H groups in total. The van der Waals surface area contributed by atoms with Crippen LogP contribution in [0, 0.1) is 0 Å². The molecule has 4 rings (SSSR count). The average Bonchev–Trinajstić information content (AvgIpc) is 3.67. The fourth-order valence-electron chi connectivity index (χ4n) is 4.34. The highest BCUT2D eigenvalue weighted by Crippen LogP contribution is 2.37. The van der Waals surface area contributed by atoms with Gasteiger partial charge < -0.3 is 63.8 Å². The Hall–Kier alpha value is -5.16. The SMILES string of the molecule is CNC(=O)OC(CCCN(C)C)(COc1ccc2c(c1)OCO2)COc1ccc2c(c1)OCO2.O=C(O)CC(O)(CC(=O)O)C(=O)O. The summed E-state index contributed by atoms with van der Waals surface area (Å²) in [5.74, 6) is -1.32.